The zero-order valence-electron chi connectivity index (χ0n) is 15.3. The quantitative estimate of drug-likeness (QED) is 0.698. The van der Waals surface area contributed by atoms with Gasteiger partial charge in [0, 0.05) is 12.5 Å². The van der Waals surface area contributed by atoms with Crippen molar-refractivity contribution in [2.24, 2.45) is 0 Å². The van der Waals surface area contributed by atoms with Crippen molar-refractivity contribution >= 4 is 28.2 Å². The van der Waals surface area contributed by atoms with E-state index in [1.807, 2.05) is 18.2 Å². The monoisotopic (exact) mass is 388 g/mol. The number of nitrogens with zero attached hydrogens (tertiary/aromatic N) is 1. The van der Waals surface area contributed by atoms with E-state index in [1.165, 1.54) is 18.3 Å². The Morgan fingerprint density at radius 2 is 1.89 bits per heavy atom. The Morgan fingerprint density at radius 3 is 2.48 bits per heavy atom. The van der Waals surface area contributed by atoms with Crippen LogP contribution in [-0.4, -0.2) is 32.2 Å². The zero-order valence-corrected chi connectivity index (χ0v) is 16.1. The van der Waals surface area contributed by atoms with E-state index in [0.717, 1.165) is 5.56 Å². The number of carbonyl (C=O) groups excluding carboxylic acids is 2. The SMILES string of the molecule is COc1cc(CCC(=O)O[C@@H](C)C(=O)Nc2sccc2C#N)cc(OC)c1. The molecular weight excluding hydrogens is 368 g/mol. The van der Waals surface area contributed by atoms with Crippen molar-refractivity contribution < 1.29 is 23.8 Å². The number of esters is 1. The summed E-state index contributed by atoms with van der Waals surface area (Å²) >= 11 is 1.23. The van der Waals surface area contributed by atoms with Crippen LogP contribution in [0, 0.1) is 11.3 Å². The molecule has 0 fully saturated rings. The topological polar surface area (TPSA) is 97.6 Å². The van der Waals surface area contributed by atoms with Crippen LogP contribution in [0.15, 0.2) is 29.6 Å². The van der Waals surface area contributed by atoms with E-state index < -0.39 is 18.0 Å². The number of thiophene rings is 1. The molecule has 0 unspecified atom stereocenters. The highest BCUT2D eigenvalue weighted by atomic mass is 32.1. The molecule has 8 heteroatoms. The van der Waals surface area contributed by atoms with Gasteiger partial charge in [0.25, 0.3) is 5.91 Å². The number of rotatable bonds is 8. The highest BCUT2D eigenvalue weighted by Crippen LogP contribution is 2.24. The molecular formula is C19H20N2O5S. The van der Waals surface area contributed by atoms with Crippen LogP contribution in [0.2, 0.25) is 0 Å². The summed E-state index contributed by atoms with van der Waals surface area (Å²) in [5.41, 5.74) is 1.23. The molecule has 0 aliphatic rings. The van der Waals surface area contributed by atoms with E-state index in [0.29, 0.717) is 28.5 Å². The van der Waals surface area contributed by atoms with Gasteiger partial charge >= 0.3 is 5.97 Å². The summed E-state index contributed by atoms with van der Waals surface area (Å²) < 4.78 is 15.6. The highest BCUT2D eigenvalue weighted by molar-refractivity contribution is 7.14. The molecule has 2 rings (SSSR count). The van der Waals surface area contributed by atoms with E-state index in [9.17, 15) is 9.59 Å². The lowest BCUT2D eigenvalue weighted by Gasteiger charge is -2.13. The number of anilines is 1. The third-order valence-electron chi connectivity index (χ3n) is 3.73. The minimum Gasteiger partial charge on any atom is -0.497 e. The number of hydrogen-bond acceptors (Lipinski definition) is 7. The van der Waals surface area contributed by atoms with Gasteiger partial charge in [0.1, 0.15) is 22.6 Å². The summed E-state index contributed by atoms with van der Waals surface area (Å²) in [5.74, 6) is 0.292. The number of nitrogens with one attached hydrogen (secondary N) is 1. The van der Waals surface area contributed by atoms with E-state index in [-0.39, 0.29) is 6.42 Å². The standard InChI is InChI=1S/C19H20N2O5S/c1-12(18(23)21-19-14(11-20)6-7-27-19)26-17(22)5-4-13-8-15(24-2)10-16(9-13)25-3/h6-10,12H,4-5H2,1-3H3,(H,21,23)/t12-/m0/s1. The molecule has 0 saturated carbocycles. The third kappa shape index (κ3) is 5.72. The Balaban J connectivity index is 1.88. The van der Waals surface area contributed by atoms with Gasteiger partial charge in [-0.15, -0.1) is 11.3 Å². The Bertz CT molecular complexity index is 834. The molecule has 1 aromatic heterocycles. The van der Waals surface area contributed by atoms with E-state index >= 15 is 0 Å². The Hall–Kier alpha value is -3.05. The van der Waals surface area contributed by atoms with Crippen LogP contribution >= 0.6 is 11.3 Å². The molecule has 2 aromatic rings. The molecule has 142 valence electrons. The lowest BCUT2D eigenvalue weighted by atomic mass is 10.1. The van der Waals surface area contributed by atoms with Crippen LogP contribution in [0.4, 0.5) is 5.00 Å². The lowest BCUT2D eigenvalue weighted by Crippen LogP contribution is -2.30. The number of aryl methyl sites for hydroxylation is 1. The predicted octanol–water partition coefficient (Wildman–Crippen LogP) is 3.14. The van der Waals surface area contributed by atoms with Gasteiger partial charge in [-0.2, -0.15) is 5.26 Å². The van der Waals surface area contributed by atoms with Crippen molar-refractivity contribution in [3.8, 4) is 17.6 Å². The second-order valence-corrected chi connectivity index (χ2v) is 6.53. The largest absolute Gasteiger partial charge is 0.497 e. The molecule has 0 bridgehead atoms. The third-order valence-corrected chi connectivity index (χ3v) is 4.56. The first-order valence-corrected chi connectivity index (χ1v) is 9.04. The van der Waals surface area contributed by atoms with Gasteiger partial charge in [-0.1, -0.05) is 0 Å². The Labute approximate surface area is 161 Å². The van der Waals surface area contributed by atoms with Crippen molar-refractivity contribution in [3.05, 3.63) is 40.8 Å². The van der Waals surface area contributed by atoms with Gasteiger partial charge in [0.05, 0.1) is 19.8 Å². The second kappa shape index (κ2) is 9.59. The lowest BCUT2D eigenvalue weighted by molar-refractivity contribution is -0.153. The smallest absolute Gasteiger partial charge is 0.306 e. The average molecular weight is 388 g/mol. The molecule has 0 aliphatic carbocycles. The van der Waals surface area contributed by atoms with Crippen molar-refractivity contribution in [2.75, 3.05) is 19.5 Å². The van der Waals surface area contributed by atoms with Gasteiger partial charge in [-0.25, -0.2) is 0 Å². The van der Waals surface area contributed by atoms with Crippen molar-refractivity contribution in [1.82, 2.24) is 0 Å². The van der Waals surface area contributed by atoms with Crippen molar-refractivity contribution in [2.45, 2.75) is 25.9 Å². The second-order valence-electron chi connectivity index (χ2n) is 5.62. The summed E-state index contributed by atoms with van der Waals surface area (Å²) in [6.07, 6.45) is -0.438. The summed E-state index contributed by atoms with van der Waals surface area (Å²) in [7, 11) is 3.11. The van der Waals surface area contributed by atoms with Crippen molar-refractivity contribution in [3.63, 3.8) is 0 Å². The maximum Gasteiger partial charge on any atom is 0.306 e. The number of carbonyl (C=O) groups is 2. The molecule has 1 heterocycles. The van der Waals surface area contributed by atoms with Crippen LogP contribution in [0.3, 0.4) is 0 Å². The van der Waals surface area contributed by atoms with Gasteiger partial charge in [-0.05, 0) is 42.5 Å². The number of benzene rings is 1. The van der Waals surface area contributed by atoms with Gasteiger partial charge < -0.3 is 19.5 Å². The summed E-state index contributed by atoms with van der Waals surface area (Å²) in [5, 5.41) is 13.7. The zero-order chi connectivity index (χ0) is 19.8. The number of ether oxygens (including phenoxy) is 3. The van der Waals surface area contributed by atoms with Crippen LogP contribution in [0.1, 0.15) is 24.5 Å². The van der Waals surface area contributed by atoms with Gasteiger partial charge in [0.2, 0.25) is 0 Å². The van der Waals surface area contributed by atoms with E-state index in [2.05, 4.69) is 5.32 Å². The van der Waals surface area contributed by atoms with Crippen LogP contribution in [0.5, 0.6) is 11.5 Å². The van der Waals surface area contributed by atoms with Crippen LogP contribution in [0.25, 0.3) is 0 Å². The van der Waals surface area contributed by atoms with E-state index in [1.54, 1.807) is 31.7 Å². The van der Waals surface area contributed by atoms with E-state index in [4.69, 9.17) is 19.5 Å². The molecule has 0 radical (unpaired) electrons. The number of methoxy groups -OCH3 is 2. The predicted molar refractivity (Wildman–Crippen MR) is 101 cm³/mol. The maximum absolute atomic E-state index is 12.1. The first kappa shape index (κ1) is 20.3. The minimum atomic E-state index is -0.967. The molecule has 0 saturated heterocycles. The molecule has 1 atom stereocenters. The number of hydrogen-bond donors (Lipinski definition) is 1. The van der Waals surface area contributed by atoms with Crippen LogP contribution in [-0.2, 0) is 20.7 Å². The molecule has 0 spiro atoms. The highest BCUT2D eigenvalue weighted by Gasteiger charge is 2.19. The molecule has 1 amide bonds. The number of amides is 1. The first-order valence-electron chi connectivity index (χ1n) is 8.16. The first-order chi connectivity index (χ1) is 13.0. The molecule has 7 nitrogen and oxygen atoms in total. The Kier molecular flexibility index (Phi) is 7.20. The van der Waals surface area contributed by atoms with Gasteiger partial charge in [-0.3, -0.25) is 9.59 Å². The molecule has 27 heavy (non-hydrogen) atoms. The van der Waals surface area contributed by atoms with Crippen molar-refractivity contribution in [1.29, 1.82) is 5.26 Å². The normalized spacial score (nSPS) is 11.2. The molecule has 0 aliphatic heterocycles. The summed E-state index contributed by atoms with van der Waals surface area (Å²) in [6, 6.07) is 8.96. The summed E-state index contributed by atoms with van der Waals surface area (Å²) in [4.78, 5) is 24.2. The number of nitriles is 1. The minimum absolute atomic E-state index is 0.108. The summed E-state index contributed by atoms with van der Waals surface area (Å²) in [6.45, 7) is 1.49. The molecule has 1 N–H and O–H groups in total. The Morgan fingerprint density at radius 1 is 1.22 bits per heavy atom. The van der Waals surface area contributed by atoms with Gasteiger partial charge in [0.15, 0.2) is 6.10 Å². The fraction of sp³-hybridized carbons (Fsp3) is 0.316. The molecule has 1 aromatic carbocycles. The fourth-order valence-electron chi connectivity index (χ4n) is 2.27. The van der Waals surface area contributed by atoms with Crippen LogP contribution < -0.4 is 14.8 Å². The average Bonchev–Trinajstić information content (AvgIpc) is 3.12. The maximum atomic E-state index is 12.1. The fourth-order valence-corrected chi connectivity index (χ4v) is 3.01.